The van der Waals surface area contributed by atoms with E-state index in [4.69, 9.17) is 20.9 Å². The van der Waals surface area contributed by atoms with E-state index >= 15 is 0 Å². The largest absolute Gasteiger partial charge is 0.377 e. The van der Waals surface area contributed by atoms with Gasteiger partial charge in [0.15, 0.2) is 5.82 Å². The molecule has 3 rings (SSSR count). The molecular formula is C15H14ClN3O3. The molecule has 0 spiro atoms. The van der Waals surface area contributed by atoms with Gasteiger partial charge in [0.05, 0.1) is 13.2 Å². The fourth-order valence-electron chi connectivity index (χ4n) is 2.28. The maximum atomic E-state index is 12.4. The molecule has 0 saturated carbocycles. The van der Waals surface area contributed by atoms with E-state index in [0.717, 1.165) is 5.56 Å². The molecule has 2 heterocycles. The molecule has 1 aromatic carbocycles. The fraction of sp³-hybridized carbons (Fsp3) is 0.267. The minimum atomic E-state index is -0.330. The molecule has 1 amide bonds. The second kappa shape index (κ2) is 6.72. The van der Waals surface area contributed by atoms with Crippen LogP contribution in [0.3, 0.4) is 0 Å². The van der Waals surface area contributed by atoms with Crippen LogP contribution in [0.2, 0.25) is 5.02 Å². The van der Waals surface area contributed by atoms with Gasteiger partial charge in [0, 0.05) is 17.6 Å². The molecule has 1 aliphatic rings. The number of hydrogen-bond donors (Lipinski definition) is 0. The standard InChI is InChI=1S/C15H14ClN3O3/c16-12-3-1-2-11(8-12)4-5-14(20)19-6-7-21-9-13(19)15-17-10-22-18-15/h1-5,8,10,13H,6-7,9H2/b5-4+. The van der Waals surface area contributed by atoms with Crippen molar-refractivity contribution in [2.75, 3.05) is 19.8 Å². The lowest BCUT2D eigenvalue weighted by atomic mass is 10.2. The van der Waals surface area contributed by atoms with Crippen LogP contribution in [0.5, 0.6) is 0 Å². The summed E-state index contributed by atoms with van der Waals surface area (Å²) in [5.41, 5.74) is 0.866. The maximum Gasteiger partial charge on any atom is 0.247 e. The number of carbonyl (C=O) groups is 1. The SMILES string of the molecule is O=C(/C=C/c1cccc(Cl)c1)N1CCOCC1c1ncon1. The predicted octanol–water partition coefficient (Wildman–Crippen LogP) is 2.34. The first-order valence-electron chi connectivity index (χ1n) is 6.82. The highest BCUT2D eigenvalue weighted by Crippen LogP contribution is 2.22. The summed E-state index contributed by atoms with van der Waals surface area (Å²) in [4.78, 5) is 18.1. The Bertz CT molecular complexity index is 672. The van der Waals surface area contributed by atoms with Crippen LogP contribution >= 0.6 is 11.6 Å². The maximum absolute atomic E-state index is 12.4. The van der Waals surface area contributed by atoms with Crippen molar-refractivity contribution >= 4 is 23.6 Å². The van der Waals surface area contributed by atoms with Gasteiger partial charge in [-0.2, -0.15) is 4.98 Å². The molecule has 22 heavy (non-hydrogen) atoms. The summed E-state index contributed by atoms with van der Waals surface area (Å²) in [7, 11) is 0. The van der Waals surface area contributed by atoms with Gasteiger partial charge < -0.3 is 14.2 Å². The van der Waals surface area contributed by atoms with Crippen LogP contribution < -0.4 is 0 Å². The monoisotopic (exact) mass is 319 g/mol. The van der Waals surface area contributed by atoms with E-state index < -0.39 is 0 Å². The molecule has 1 atom stereocenters. The van der Waals surface area contributed by atoms with Crippen LogP contribution in [0.4, 0.5) is 0 Å². The Balaban J connectivity index is 1.75. The second-order valence-electron chi connectivity index (χ2n) is 4.80. The minimum absolute atomic E-state index is 0.127. The summed E-state index contributed by atoms with van der Waals surface area (Å²) in [5.74, 6) is 0.322. The molecule has 0 bridgehead atoms. The molecule has 1 unspecified atom stereocenters. The number of nitrogens with zero attached hydrogens (tertiary/aromatic N) is 3. The average Bonchev–Trinajstić information content (AvgIpc) is 3.07. The van der Waals surface area contributed by atoms with Crippen LogP contribution in [-0.4, -0.2) is 40.7 Å². The fourth-order valence-corrected chi connectivity index (χ4v) is 2.48. The van der Waals surface area contributed by atoms with E-state index in [9.17, 15) is 4.79 Å². The first-order chi connectivity index (χ1) is 10.7. The third-order valence-corrected chi connectivity index (χ3v) is 3.59. The van der Waals surface area contributed by atoms with Crippen molar-refractivity contribution in [1.29, 1.82) is 0 Å². The Kier molecular flexibility index (Phi) is 4.50. The van der Waals surface area contributed by atoms with Crippen LogP contribution in [0.1, 0.15) is 17.4 Å². The summed E-state index contributed by atoms with van der Waals surface area (Å²) in [6.07, 6.45) is 4.50. The summed E-state index contributed by atoms with van der Waals surface area (Å²) in [6, 6.07) is 6.97. The summed E-state index contributed by atoms with van der Waals surface area (Å²) in [6.45, 7) is 1.33. The van der Waals surface area contributed by atoms with Crippen molar-refractivity contribution in [3.8, 4) is 0 Å². The summed E-state index contributed by atoms with van der Waals surface area (Å²) in [5, 5.41) is 4.43. The number of carbonyl (C=O) groups excluding carboxylic acids is 1. The Hall–Kier alpha value is -2.18. The molecule has 1 fully saturated rings. The van der Waals surface area contributed by atoms with Crippen molar-refractivity contribution < 1.29 is 14.1 Å². The van der Waals surface area contributed by atoms with E-state index in [2.05, 4.69) is 10.1 Å². The van der Waals surface area contributed by atoms with Gasteiger partial charge in [-0.3, -0.25) is 4.79 Å². The molecule has 6 nitrogen and oxygen atoms in total. The zero-order chi connectivity index (χ0) is 15.4. The van der Waals surface area contributed by atoms with Crippen molar-refractivity contribution in [3.63, 3.8) is 0 Å². The second-order valence-corrected chi connectivity index (χ2v) is 5.24. The molecule has 7 heteroatoms. The Morgan fingerprint density at radius 1 is 1.45 bits per heavy atom. The van der Waals surface area contributed by atoms with Crippen molar-refractivity contribution in [3.05, 3.63) is 53.1 Å². The van der Waals surface area contributed by atoms with E-state index in [0.29, 0.717) is 30.6 Å². The lowest BCUT2D eigenvalue weighted by Crippen LogP contribution is -2.43. The Morgan fingerprint density at radius 2 is 2.36 bits per heavy atom. The number of benzene rings is 1. The number of morpholine rings is 1. The normalized spacial score (nSPS) is 18.8. The topological polar surface area (TPSA) is 68.5 Å². The lowest BCUT2D eigenvalue weighted by molar-refractivity contribution is -0.135. The first-order valence-corrected chi connectivity index (χ1v) is 7.20. The van der Waals surface area contributed by atoms with E-state index in [1.807, 2.05) is 12.1 Å². The van der Waals surface area contributed by atoms with E-state index in [1.165, 1.54) is 12.5 Å². The van der Waals surface area contributed by atoms with Gasteiger partial charge in [0.25, 0.3) is 0 Å². The molecule has 1 saturated heterocycles. The van der Waals surface area contributed by atoms with Gasteiger partial charge in [-0.15, -0.1) is 0 Å². The van der Waals surface area contributed by atoms with E-state index in [1.54, 1.807) is 23.1 Å². The third-order valence-electron chi connectivity index (χ3n) is 3.35. The van der Waals surface area contributed by atoms with Crippen molar-refractivity contribution in [2.45, 2.75) is 6.04 Å². The van der Waals surface area contributed by atoms with Crippen LogP contribution in [-0.2, 0) is 9.53 Å². The summed E-state index contributed by atoms with van der Waals surface area (Å²) < 4.78 is 10.2. The van der Waals surface area contributed by atoms with Gasteiger partial charge in [0.1, 0.15) is 6.04 Å². The van der Waals surface area contributed by atoms with Gasteiger partial charge in [0.2, 0.25) is 12.3 Å². The number of ether oxygens (including phenoxy) is 1. The highest BCUT2D eigenvalue weighted by molar-refractivity contribution is 6.30. The number of rotatable bonds is 3. The molecule has 114 valence electrons. The molecule has 0 aliphatic carbocycles. The highest BCUT2D eigenvalue weighted by Gasteiger charge is 2.30. The van der Waals surface area contributed by atoms with E-state index in [-0.39, 0.29) is 11.9 Å². The zero-order valence-corrected chi connectivity index (χ0v) is 12.4. The molecule has 2 aromatic rings. The Labute approximate surface area is 132 Å². The number of amides is 1. The van der Waals surface area contributed by atoms with Crippen LogP contribution in [0, 0.1) is 0 Å². The molecule has 1 aromatic heterocycles. The number of aromatic nitrogens is 2. The quantitative estimate of drug-likeness (QED) is 0.812. The van der Waals surface area contributed by atoms with Gasteiger partial charge in [-0.05, 0) is 23.8 Å². The molecule has 0 radical (unpaired) electrons. The number of hydrogen-bond acceptors (Lipinski definition) is 5. The predicted molar refractivity (Wildman–Crippen MR) is 80.1 cm³/mol. The molecule has 1 aliphatic heterocycles. The van der Waals surface area contributed by atoms with Crippen LogP contribution in [0.25, 0.3) is 6.08 Å². The van der Waals surface area contributed by atoms with Gasteiger partial charge in [-0.1, -0.05) is 28.9 Å². The summed E-state index contributed by atoms with van der Waals surface area (Å²) >= 11 is 5.93. The lowest BCUT2D eigenvalue weighted by Gasteiger charge is -2.32. The Morgan fingerprint density at radius 3 is 3.14 bits per heavy atom. The van der Waals surface area contributed by atoms with Gasteiger partial charge in [-0.25, -0.2) is 0 Å². The minimum Gasteiger partial charge on any atom is -0.377 e. The molecule has 0 N–H and O–H groups in total. The first kappa shape index (κ1) is 14.7. The van der Waals surface area contributed by atoms with Crippen molar-refractivity contribution in [1.82, 2.24) is 15.0 Å². The molecular weight excluding hydrogens is 306 g/mol. The highest BCUT2D eigenvalue weighted by atomic mass is 35.5. The number of halogens is 1. The van der Waals surface area contributed by atoms with Crippen LogP contribution in [0.15, 0.2) is 41.3 Å². The smallest absolute Gasteiger partial charge is 0.247 e. The third kappa shape index (κ3) is 3.35. The zero-order valence-electron chi connectivity index (χ0n) is 11.7. The average molecular weight is 320 g/mol. The van der Waals surface area contributed by atoms with Gasteiger partial charge >= 0.3 is 0 Å². The van der Waals surface area contributed by atoms with Crippen molar-refractivity contribution in [2.24, 2.45) is 0 Å².